The van der Waals surface area contributed by atoms with Crippen molar-refractivity contribution in [2.45, 2.75) is 51.8 Å². The summed E-state index contributed by atoms with van der Waals surface area (Å²) in [5, 5.41) is 14.6. The molecule has 5 rings (SSSR count). The maximum absolute atomic E-state index is 5.88. The van der Waals surface area contributed by atoms with Gasteiger partial charge in [0.15, 0.2) is 0 Å². The molecule has 0 radical (unpaired) electrons. The predicted molar refractivity (Wildman–Crippen MR) is 144 cm³/mol. The third-order valence-corrected chi connectivity index (χ3v) is 7.27. The molecule has 3 N–H and O–H groups in total. The Morgan fingerprint density at radius 3 is 2.75 bits per heavy atom. The first kappa shape index (κ1) is 24.0. The Balaban J connectivity index is 1.41. The lowest BCUT2D eigenvalue weighted by Crippen LogP contribution is -2.25. The van der Waals surface area contributed by atoms with Crippen LogP contribution in [0.2, 0.25) is 0 Å². The summed E-state index contributed by atoms with van der Waals surface area (Å²) in [5.41, 5.74) is 12.4. The Kier molecular flexibility index (Phi) is 7.26. The molecule has 36 heavy (non-hydrogen) atoms. The lowest BCUT2D eigenvalue weighted by molar-refractivity contribution is 0.242. The van der Waals surface area contributed by atoms with Crippen molar-refractivity contribution in [3.8, 4) is 38.9 Å². The van der Waals surface area contributed by atoms with Gasteiger partial charge < -0.3 is 15.8 Å². The number of benzene rings is 2. The second-order valence-electron chi connectivity index (χ2n) is 9.11. The van der Waals surface area contributed by atoms with E-state index in [9.17, 15) is 0 Å². The molecule has 2 heterocycles. The molecule has 4 aromatic rings. The summed E-state index contributed by atoms with van der Waals surface area (Å²) in [7, 11) is 0. The van der Waals surface area contributed by atoms with Crippen LogP contribution in [0.3, 0.4) is 0 Å². The molecule has 0 bridgehead atoms. The van der Waals surface area contributed by atoms with E-state index in [-0.39, 0.29) is 6.10 Å². The molecular weight excluding hydrogens is 466 g/mol. The molecule has 0 unspecified atom stereocenters. The summed E-state index contributed by atoms with van der Waals surface area (Å²) >= 11 is 1.60. The second kappa shape index (κ2) is 10.9. The largest absolute Gasteiger partial charge is 0.490 e. The summed E-state index contributed by atoms with van der Waals surface area (Å²) in [6, 6.07) is 19.4. The molecule has 2 aromatic carbocycles. The zero-order valence-corrected chi connectivity index (χ0v) is 21.3. The van der Waals surface area contributed by atoms with Crippen molar-refractivity contribution in [3.63, 3.8) is 0 Å². The van der Waals surface area contributed by atoms with Gasteiger partial charge in [0.2, 0.25) is 0 Å². The van der Waals surface area contributed by atoms with Crippen LogP contribution in [-0.2, 0) is 13.0 Å². The highest BCUT2D eigenvalue weighted by Crippen LogP contribution is 2.39. The topological polar surface area (TPSA) is 86.0 Å². The van der Waals surface area contributed by atoms with Gasteiger partial charge in [-0.1, -0.05) is 29.5 Å². The summed E-state index contributed by atoms with van der Waals surface area (Å²) in [5.74, 6) is 3.67. The average Bonchev–Trinajstić information content (AvgIpc) is 3.39. The minimum absolute atomic E-state index is 0.0505. The zero-order valence-electron chi connectivity index (χ0n) is 20.5. The van der Waals surface area contributed by atoms with Gasteiger partial charge in [-0.05, 0) is 86.1 Å². The fraction of sp³-hybridized carbons (Fsp3) is 0.276. The van der Waals surface area contributed by atoms with E-state index in [1.54, 1.807) is 11.3 Å². The molecule has 2 aromatic heterocycles. The van der Waals surface area contributed by atoms with E-state index >= 15 is 0 Å². The number of nitrogens with one attached hydrogen (secondary N) is 1. The first-order valence-corrected chi connectivity index (χ1v) is 13.0. The normalized spacial score (nSPS) is 14.7. The first-order valence-electron chi connectivity index (χ1n) is 12.2. The smallest absolute Gasteiger partial charge is 0.148 e. The molecule has 0 saturated heterocycles. The number of fused-ring (bicyclic) bond motifs is 1. The van der Waals surface area contributed by atoms with Crippen LogP contribution in [0, 0.1) is 12.0 Å². The van der Waals surface area contributed by atoms with Crippen LogP contribution in [0.4, 0.5) is 0 Å². The summed E-state index contributed by atoms with van der Waals surface area (Å²) in [6.07, 6.45) is 7.04. The highest BCUT2D eigenvalue weighted by molar-refractivity contribution is 7.17. The Morgan fingerprint density at radius 2 is 1.94 bits per heavy atom. The molecule has 6 nitrogen and oxygen atoms in total. The zero-order chi connectivity index (χ0) is 24.9. The molecule has 182 valence electrons. The molecule has 7 heteroatoms. The molecule has 0 amide bonds. The van der Waals surface area contributed by atoms with Crippen molar-refractivity contribution in [1.82, 2.24) is 20.5 Å². The molecule has 0 spiro atoms. The van der Waals surface area contributed by atoms with E-state index < -0.39 is 0 Å². The number of aromatic nitrogens is 3. The van der Waals surface area contributed by atoms with Gasteiger partial charge >= 0.3 is 0 Å². The van der Waals surface area contributed by atoms with Gasteiger partial charge in [-0.25, -0.2) is 0 Å². The first-order chi connectivity index (χ1) is 17.6. The number of pyridine rings is 1. The van der Waals surface area contributed by atoms with E-state index in [0.717, 1.165) is 52.7 Å². The van der Waals surface area contributed by atoms with Gasteiger partial charge in [-0.15, -0.1) is 10.2 Å². The Hall–Kier alpha value is -3.73. The number of ether oxygens (including phenoxy) is 1. The Morgan fingerprint density at radius 1 is 1.11 bits per heavy atom. The highest BCUT2D eigenvalue weighted by Gasteiger charge is 2.24. The van der Waals surface area contributed by atoms with Gasteiger partial charge in [0, 0.05) is 42.2 Å². The van der Waals surface area contributed by atoms with Gasteiger partial charge in [-0.2, -0.15) is 0 Å². The fourth-order valence-electron chi connectivity index (χ4n) is 4.65. The van der Waals surface area contributed by atoms with Gasteiger partial charge in [0.05, 0.1) is 11.7 Å². The van der Waals surface area contributed by atoms with E-state index in [2.05, 4.69) is 62.8 Å². The van der Waals surface area contributed by atoms with E-state index in [0.29, 0.717) is 6.04 Å². The number of hydrogen-bond acceptors (Lipinski definition) is 7. The minimum Gasteiger partial charge on any atom is -0.490 e. The molecule has 0 fully saturated rings. The van der Waals surface area contributed by atoms with Crippen LogP contribution in [0.15, 0.2) is 60.9 Å². The number of nitrogens with two attached hydrogens (primary N) is 1. The lowest BCUT2D eigenvalue weighted by atomic mass is 9.85. The van der Waals surface area contributed by atoms with Crippen molar-refractivity contribution in [1.29, 1.82) is 0 Å². The molecule has 1 atom stereocenters. The maximum Gasteiger partial charge on any atom is 0.148 e. The number of rotatable bonds is 7. The van der Waals surface area contributed by atoms with E-state index in [4.69, 9.17) is 10.5 Å². The molecule has 0 saturated carbocycles. The van der Waals surface area contributed by atoms with Crippen molar-refractivity contribution < 1.29 is 4.74 Å². The van der Waals surface area contributed by atoms with Gasteiger partial charge in [0.25, 0.3) is 0 Å². The van der Waals surface area contributed by atoms with E-state index in [1.807, 2.05) is 44.4 Å². The van der Waals surface area contributed by atoms with Gasteiger partial charge in [-0.3, -0.25) is 4.98 Å². The van der Waals surface area contributed by atoms with Crippen LogP contribution in [-0.4, -0.2) is 21.3 Å². The predicted octanol–water partition coefficient (Wildman–Crippen LogP) is 5.49. The Bertz CT molecular complexity index is 1400. The number of nitrogens with zero attached hydrogens (tertiary/aromatic N) is 3. The summed E-state index contributed by atoms with van der Waals surface area (Å²) in [6.45, 7) is 4.80. The van der Waals surface area contributed by atoms with Crippen LogP contribution < -0.4 is 15.8 Å². The minimum atomic E-state index is 0.0505. The van der Waals surface area contributed by atoms with Crippen molar-refractivity contribution in [2.75, 3.05) is 0 Å². The maximum atomic E-state index is 5.88. The molecular formula is C29H29N5OS. The highest BCUT2D eigenvalue weighted by atomic mass is 32.1. The monoisotopic (exact) mass is 495 g/mol. The third kappa shape index (κ3) is 5.25. The average molecular weight is 496 g/mol. The summed E-state index contributed by atoms with van der Waals surface area (Å²) in [4.78, 5) is 4.12. The van der Waals surface area contributed by atoms with Crippen molar-refractivity contribution in [3.05, 3.63) is 83.2 Å². The standard InChI is InChI=1S/C29H29N5OS/c1-19(2)35-27-10-9-22(17-21(27)11-14-30)28-33-34-29(36-28)25-7-3-6-24-23(25)5-4-8-26(24)32-18-20-12-15-31-16-13-20/h3,6-7,9-10,12-13,15-17,19,26,32H,4-5,8,18,30H2,1-2H3/t26-/m0/s1. The molecule has 1 aliphatic rings. The van der Waals surface area contributed by atoms with Crippen molar-refractivity contribution >= 4 is 11.3 Å². The van der Waals surface area contributed by atoms with Crippen molar-refractivity contribution in [2.24, 2.45) is 5.73 Å². The fourth-order valence-corrected chi connectivity index (χ4v) is 5.54. The third-order valence-electron chi connectivity index (χ3n) is 6.26. The second-order valence-corrected chi connectivity index (χ2v) is 10.1. The van der Waals surface area contributed by atoms with Crippen LogP contribution in [0.25, 0.3) is 21.1 Å². The lowest BCUT2D eigenvalue weighted by Gasteiger charge is -2.28. The molecule has 0 aliphatic heterocycles. The van der Waals surface area contributed by atoms with Gasteiger partial charge in [0.1, 0.15) is 15.8 Å². The van der Waals surface area contributed by atoms with E-state index in [1.165, 1.54) is 22.3 Å². The SMILES string of the molecule is CC(C)Oc1ccc(-c2nnc(-c3cccc4c3CCC[C@@H]4NCc3ccncc3)s2)cc1C#CN. The summed E-state index contributed by atoms with van der Waals surface area (Å²) < 4.78 is 5.88. The number of hydrogen-bond donors (Lipinski definition) is 2. The van der Waals surface area contributed by atoms with Crippen LogP contribution in [0.5, 0.6) is 5.75 Å². The molecule has 1 aliphatic carbocycles. The Labute approximate surface area is 216 Å². The van der Waals surface area contributed by atoms with Crippen LogP contribution >= 0.6 is 11.3 Å². The quantitative estimate of drug-likeness (QED) is 0.260. The van der Waals surface area contributed by atoms with Crippen LogP contribution in [0.1, 0.15) is 55.0 Å².